The van der Waals surface area contributed by atoms with Gasteiger partial charge in [-0.15, -0.1) is 0 Å². The number of aryl methyl sites for hydroxylation is 1. The zero-order valence-electron chi connectivity index (χ0n) is 14.2. The van der Waals surface area contributed by atoms with Gasteiger partial charge in [-0.3, -0.25) is 14.5 Å². The van der Waals surface area contributed by atoms with E-state index in [1.165, 1.54) is 0 Å². The Morgan fingerprint density at radius 2 is 1.75 bits per heavy atom. The monoisotopic (exact) mass is 329 g/mol. The fourth-order valence-electron chi connectivity index (χ4n) is 3.30. The summed E-state index contributed by atoms with van der Waals surface area (Å²) in [6, 6.07) is 6.98. The molecule has 2 aliphatic heterocycles. The number of amides is 4. The molecule has 1 N–H and O–H groups in total. The standard InChI is InChI=1S/C18H23N3O3/c1-13-6-8-14(9-7-13)18(2)16(23)21(17(24)19-18)12-15(22)20-10-4-3-5-11-20/h6-9H,3-5,10-12H2,1-2H3,(H,19,24). The minimum absolute atomic E-state index is 0.161. The van der Waals surface area contributed by atoms with E-state index in [1.54, 1.807) is 11.8 Å². The first-order valence-corrected chi connectivity index (χ1v) is 8.41. The van der Waals surface area contributed by atoms with Gasteiger partial charge in [0.25, 0.3) is 5.91 Å². The first-order valence-electron chi connectivity index (χ1n) is 8.41. The highest BCUT2D eigenvalue weighted by Crippen LogP contribution is 2.29. The molecule has 2 fully saturated rings. The third-order valence-corrected chi connectivity index (χ3v) is 4.91. The van der Waals surface area contributed by atoms with Gasteiger partial charge in [0.1, 0.15) is 12.1 Å². The van der Waals surface area contributed by atoms with Gasteiger partial charge < -0.3 is 10.2 Å². The molecule has 128 valence electrons. The molecule has 3 rings (SSSR count). The van der Waals surface area contributed by atoms with Crippen molar-refractivity contribution in [3.05, 3.63) is 35.4 Å². The lowest BCUT2D eigenvalue weighted by atomic mass is 9.91. The predicted octanol–water partition coefficient (Wildman–Crippen LogP) is 1.77. The molecule has 2 heterocycles. The second kappa shape index (κ2) is 6.26. The molecule has 2 saturated heterocycles. The summed E-state index contributed by atoms with van der Waals surface area (Å²) in [6.07, 6.45) is 3.08. The van der Waals surface area contributed by atoms with Crippen molar-refractivity contribution in [2.75, 3.05) is 19.6 Å². The Morgan fingerprint density at radius 1 is 1.12 bits per heavy atom. The van der Waals surface area contributed by atoms with Gasteiger partial charge in [-0.05, 0) is 38.7 Å². The summed E-state index contributed by atoms with van der Waals surface area (Å²) >= 11 is 0. The van der Waals surface area contributed by atoms with Crippen molar-refractivity contribution in [2.45, 2.75) is 38.6 Å². The Balaban J connectivity index is 1.76. The molecule has 24 heavy (non-hydrogen) atoms. The van der Waals surface area contributed by atoms with E-state index in [0.717, 1.165) is 35.3 Å². The average molecular weight is 329 g/mol. The van der Waals surface area contributed by atoms with Crippen LogP contribution in [-0.2, 0) is 15.1 Å². The van der Waals surface area contributed by atoms with Gasteiger partial charge in [0.15, 0.2) is 0 Å². The first kappa shape index (κ1) is 16.5. The number of nitrogens with one attached hydrogen (secondary N) is 1. The zero-order chi connectivity index (χ0) is 17.3. The van der Waals surface area contributed by atoms with Crippen molar-refractivity contribution in [1.29, 1.82) is 0 Å². The van der Waals surface area contributed by atoms with E-state index in [-0.39, 0.29) is 18.4 Å². The van der Waals surface area contributed by atoms with Gasteiger partial charge in [0, 0.05) is 13.1 Å². The van der Waals surface area contributed by atoms with E-state index in [2.05, 4.69) is 5.32 Å². The third kappa shape index (κ3) is 2.88. The molecule has 1 unspecified atom stereocenters. The minimum Gasteiger partial charge on any atom is -0.341 e. The molecule has 0 radical (unpaired) electrons. The molecule has 6 heteroatoms. The van der Waals surface area contributed by atoms with Gasteiger partial charge in [-0.1, -0.05) is 29.8 Å². The molecule has 2 aliphatic rings. The summed E-state index contributed by atoms with van der Waals surface area (Å²) in [7, 11) is 0. The van der Waals surface area contributed by atoms with Gasteiger partial charge >= 0.3 is 6.03 Å². The van der Waals surface area contributed by atoms with Gasteiger partial charge in [0.2, 0.25) is 5.91 Å². The Bertz CT molecular complexity index is 665. The molecule has 1 aromatic carbocycles. The number of benzene rings is 1. The van der Waals surface area contributed by atoms with Crippen LogP contribution in [0.5, 0.6) is 0 Å². The summed E-state index contributed by atoms with van der Waals surface area (Å²) in [5.74, 6) is -0.534. The Hall–Kier alpha value is -2.37. The van der Waals surface area contributed by atoms with Crippen molar-refractivity contribution in [3.63, 3.8) is 0 Å². The van der Waals surface area contributed by atoms with E-state index in [1.807, 2.05) is 31.2 Å². The largest absolute Gasteiger partial charge is 0.341 e. The quantitative estimate of drug-likeness (QED) is 0.859. The maximum Gasteiger partial charge on any atom is 0.325 e. The number of rotatable bonds is 3. The number of imide groups is 1. The number of urea groups is 1. The van der Waals surface area contributed by atoms with Crippen LogP contribution in [0.4, 0.5) is 4.79 Å². The minimum atomic E-state index is -1.12. The van der Waals surface area contributed by atoms with Crippen molar-refractivity contribution in [2.24, 2.45) is 0 Å². The maximum atomic E-state index is 12.8. The van der Waals surface area contributed by atoms with Crippen molar-refractivity contribution in [3.8, 4) is 0 Å². The number of hydrogen-bond acceptors (Lipinski definition) is 3. The second-order valence-corrected chi connectivity index (χ2v) is 6.75. The van der Waals surface area contributed by atoms with E-state index in [4.69, 9.17) is 0 Å². The molecular weight excluding hydrogens is 306 g/mol. The molecule has 4 amide bonds. The Kier molecular flexibility index (Phi) is 4.30. The lowest BCUT2D eigenvalue weighted by molar-refractivity contribution is -0.139. The summed E-state index contributed by atoms with van der Waals surface area (Å²) in [4.78, 5) is 40.3. The fraction of sp³-hybridized carbons (Fsp3) is 0.500. The second-order valence-electron chi connectivity index (χ2n) is 6.75. The number of likely N-dealkylation sites (tertiary alicyclic amines) is 1. The first-order chi connectivity index (χ1) is 11.4. The normalized spacial score (nSPS) is 24.2. The summed E-state index contributed by atoms with van der Waals surface area (Å²) in [5.41, 5.74) is 0.683. The third-order valence-electron chi connectivity index (χ3n) is 4.91. The molecular formula is C18H23N3O3. The smallest absolute Gasteiger partial charge is 0.325 e. The van der Waals surface area contributed by atoms with Gasteiger partial charge in [-0.2, -0.15) is 0 Å². The molecule has 0 aromatic heterocycles. The SMILES string of the molecule is Cc1ccc(C2(C)NC(=O)N(CC(=O)N3CCCCC3)C2=O)cc1. The van der Waals surface area contributed by atoms with Crippen LogP contribution in [0.3, 0.4) is 0 Å². The lowest BCUT2D eigenvalue weighted by Gasteiger charge is -2.28. The fourth-order valence-corrected chi connectivity index (χ4v) is 3.30. The topological polar surface area (TPSA) is 69.7 Å². The number of hydrogen-bond donors (Lipinski definition) is 1. The summed E-state index contributed by atoms with van der Waals surface area (Å²) < 4.78 is 0. The van der Waals surface area contributed by atoms with Gasteiger partial charge in [0.05, 0.1) is 0 Å². The van der Waals surface area contributed by atoms with Gasteiger partial charge in [-0.25, -0.2) is 4.79 Å². The van der Waals surface area contributed by atoms with E-state index in [9.17, 15) is 14.4 Å². The van der Waals surface area contributed by atoms with E-state index < -0.39 is 11.6 Å². The summed E-state index contributed by atoms with van der Waals surface area (Å²) in [5, 5.41) is 2.74. The van der Waals surface area contributed by atoms with Crippen LogP contribution in [-0.4, -0.2) is 47.3 Å². The molecule has 1 atom stereocenters. The number of nitrogens with zero attached hydrogens (tertiary/aromatic N) is 2. The molecule has 0 spiro atoms. The lowest BCUT2D eigenvalue weighted by Crippen LogP contribution is -2.45. The summed E-state index contributed by atoms with van der Waals surface area (Å²) in [6.45, 7) is 4.87. The highest BCUT2D eigenvalue weighted by molar-refractivity contribution is 6.09. The molecule has 6 nitrogen and oxygen atoms in total. The van der Waals surface area contributed by atoms with Crippen LogP contribution in [0.2, 0.25) is 0 Å². The van der Waals surface area contributed by atoms with Crippen LogP contribution in [0.25, 0.3) is 0 Å². The number of carbonyl (C=O) groups is 3. The molecule has 1 aromatic rings. The van der Waals surface area contributed by atoms with Crippen LogP contribution in [0.1, 0.15) is 37.3 Å². The van der Waals surface area contributed by atoms with E-state index in [0.29, 0.717) is 13.1 Å². The Morgan fingerprint density at radius 3 is 2.38 bits per heavy atom. The van der Waals surface area contributed by atoms with Crippen LogP contribution >= 0.6 is 0 Å². The van der Waals surface area contributed by atoms with Crippen LogP contribution < -0.4 is 5.32 Å². The van der Waals surface area contributed by atoms with E-state index >= 15 is 0 Å². The van der Waals surface area contributed by atoms with Crippen molar-refractivity contribution >= 4 is 17.8 Å². The Labute approximate surface area is 141 Å². The van der Waals surface area contributed by atoms with Crippen molar-refractivity contribution in [1.82, 2.24) is 15.1 Å². The maximum absolute atomic E-state index is 12.8. The number of piperidine rings is 1. The van der Waals surface area contributed by atoms with Crippen LogP contribution in [0.15, 0.2) is 24.3 Å². The highest BCUT2D eigenvalue weighted by Gasteiger charge is 2.49. The number of carbonyl (C=O) groups excluding carboxylic acids is 3. The molecule has 0 aliphatic carbocycles. The highest BCUT2D eigenvalue weighted by atomic mass is 16.2. The molecule has 0 saturated carbocycles. The van der Waals surface area contributed by atoms with Crippen molar-refractivity contribution < 1.29 is 14.4 Å². The zero-order valence-corrected chi connectivity index (χ0v) is 14.2. The average Bonchev–Trinajstić information content (AvgIpc) is 2.80. The molecule has 0 bridgehead atoms. The predicted molar refractivity (Wildman–Crippen MR) is 89.2 cm³/mol. The van der Waals surface area contributed by atoms with Crippen LogP contribution in [0, 0.1) is 6.92 Å².